The SMILES string of the molecule is O=C1CC(c2ccc(OC3CCCC3)c3oc4ccccc4c23)CN1Cc1ccc(Cl)cc1. The van der Waals surface area contributed by atoms with Crippen molar-refractivity contribution < 1.29 is 13.9 Å². The Morgan fingerprint density at radius 2 is 1.79 bits per heavy atom. The van der Waals surface area contributed by atoms with Gasteiger partial charge in [-0.15, -0.1) is 0 Å². The van der Waals surface area contributed by atoms with E-state index in [1.54, 1.807) is 0 Å². The molecule has 5 heteroatoms. The van der Waals surface area contributed by atoms with Gasteiger partial charge in [-0.1, -0.05) is 48.0 Å². The molecule has 2 heterocycles. The number of carbonyl (C=O) groups excluding carboxylic acids is 1. The average molecular weight is 460 g/mol. The number of halogens is 1. The zero-order valence-corrected chi connectivity index (χ0v) is 19.2. The Morgan fingerprint density at radius 3 is 2.61 bits per heavy atom. The van der Waals surface area contributed by atoms with Crippen LogP contribution in [-0.4, -0.2) is 23.5 Å². The number of fused-ring (bicyclic) bond motifs is 3. The molecule has 0 radical (unpaired) electrons. The van der Waals surface area contributed by atoms with Gasteiger partial charge in [-0.25, -0.2) is 0 Å². The van der Waals surface area contributed by atoms with Crippen LogP contribution in [-0.2, 0) is 11.3 Å². The van der Waals surface area contributed by atoms with Crippen molar-refractivity contribution in [1.82, 2.24) is 4.90 Å². The first-order valence-electron chi connectivity index (χ1n) is 11.8. The van der Waals surface area contributed by atoms with E-state index >= 15 is 0 Å². The number of furan rings is 1. The molecule has 1 unspecified atom stereocenters. The monoisotopic (exact) mass is 459 g/mol. The summed E-state index contributed by atoms with van der Waals surface area (Å²) in [5.41, 5.74) is 3.93. The Bertz CT molecular complexity index is 1320. The maximum Gasteiger partial charge on any atom is 0.223 e. The largest absolute Gasteiger partial charge is 0.486 e. The van der Waals surface area contributed by atoms with Gasteiger partial charge in [-0.05, 0) is 61.1 Å². The molecule has 4 aromatic rings. The summed E-state index contributed by atoms with van der Waals surface area (Å²) in [6, 6.07) is 20.1. The minimum atomic E-state index is 0.119. The third-order valence-electron chi connectivity index (χ3n) is 7.06. The van der Waals surface area contributed by atoms with Crippen LogP contribution < -0.4 is 4.74 Å². The van der Waals surface area contributed by atoms with Gasteiger partial charge in [0.15, 0.2) is 11.3 Å². The molecule has 0 spiro atoms. The number of carbonyl (C=O) groups is 1. The molecule has 1 saturated heterocycles. The van der Waals surface area contributed by atoms with Gasteiger partial charge in [-0.3, -0.25) is 4.79 Å². The van der Waals surface area contributed by atoms with E-state index < -0.39 is 0 Å². The maximum atomic E-state index is 12.9. The lowest BCUT2D eigenvalue weighted by molar-refractivity contribution is -0.128. The molecule has 2 aliphatic rings. The third kappa shape index (κ3) is 3.87. The number of amides is 1. The summed E-state index contributed by atoms with van der Waals surface area (Å²) in [7, 11) is 0. The van der Waals surface area contributed by atoms with E-state index in [9.17, 15) is 4.79 Å². The molecule has 4 nitrogen and oxygen atoms in total. The molecule has 6 rings (SSSR count). The first-order valence-corrected chi connectivity index (χ1v) is 12.2. The minimum absolute atomic E-state index is 0.119. The van der Waals surface area contributed by atoms with Crippen LogP contribution in [0.3, 0.4) is 0 Å². The van der Waals surface area contributed by atoms with Crippen molar-refractivity contribution in [2.45, 2.75) is 50.7 Å². The van der Waals surface area contributed by atoms with E-state index in [1.807, 2.05) is 53.4 Å². The quantitative estimate of drug-likeness (QED) is 0.320. The van der Waals surface area contributed by atoms with E-state index in [-0.39, 0.29) is 17.9 Å². The molecule has 1 aliphatic carbocycles. The van der Waals surface area contributed by atoms with Crippen LogP contribution in [0.4, 0.5) is 0 Å². The number of hydrogen-bond donors (Lipinski definition) is 0. The highest BCUT2D eigenvalue weighted by molar-refractivity contribution is 6.30. The fourth-order valence-electron chi connectivity index (χ4n) is 5.39. The minimum Gasteiger partial charge on any atom is -0.486 e. The maximum absolute atomic E-state index is 12.9. The molecule has 3 aromatic carbocycles. The lowest BCUT2D eigenvalue weighted by Crippen LogP contribution is -2.24. The van der Waals surface area contributed by atoms with Gasteiger partial charge in [0.2, 0.25) is 5.91 Å². The molecular weight excluding hydrogens is 434 g/mol. The number of rotatable bonds is 5. The summed E-state index contributed by atoms with van der Waals surface area (Å²) in [6.07, 6.45) is 5.40. The number of ether oxygens (including phenoxy) is 1. The Kier molecular flexibility index (Phi) is 5.26. The zero-order chi connectivity index (χ0) is 22.4. The summed E-state index contributed by atoms with van der Waals surface area (Å²) in [5, 5.41) is 2.88. The Balaban J connectivity index is 1.36. The second-order valence-corrected chi connectivity index (χ2v) is 9.72. The summed E-state index contributed by atoms with van der Waals surface area (Å²) in [5.74, 6) is 1.12. The first-order chi connectivity index (χ1) is 16.2. The zero-order valence-electron chi connectivity index (χ0n) is 18.4. The molecule has 1 atom stereocenters. The Hall–Kier alpha value is -2.98. The topological polar surface area (TPSA) is 42.7 Å². The highest BCUT2D eigenvalue weighted by Gasteiger charge is 2.33. The summed E-state index contributed by atoms with van der Waals surface area (Å²) in [6.45, 7) is 1.30. The molecule has 1 aromatic heterocycles. The van der Waals surface area contributed by atoms with E-state index in [2.05, 4.69) is 12.1 Å². The Labute approximate surface area is 198 Å². The lowest BCUT2D eigenvalue weighted by atomic mass is 9.93. The predicted molar refractivity (Wildman–Crippen MR) is 131 cm³/mol. The number of hydrogen-bond acceptors (Lipinski definition) is 3. The highest BCUT2D eigenvalue weighted by atomic mass is 35.5. The lowest BCUT2D eigenvalue weighted by Gasteiger charge is -2.18. The van der Waals surface area contributed by atoms with Crippen LogP contribution in [0, 0.1) is 0 Å². The van der Waals surface area contributed by atoms with Gasteiger partial charge >= 0.3 is 0 Å². The summed E-state index contributed by atoms with van der Waals surface area (Å²) >= 11 is 6.02. The van der Waals surface area contributed by atoms with Crippen LogP contribution in [0.15, 0.2) is 65.1 Å². The van der Waals surface area contributed by atoms with Crippen LogP contribution in [0.25, 0.3) is 21.9 Å². The van der Waals surface area contributed by atoms with Crippen molar-refractivity contribution >= 4 is 39.4 Å². The highest BCUT2D eigenvalue weighted by Crippen LogP contribution is 2.43. The molecule has 1 saturated carbocycles. The van der Waals surface area contributed by atoms with Gasteiger partial charge < -0.3 is 14.1 Å². The number of para-hydroxylation sites is 1. The van der Waals surface area contributed by atoms with Gasteiger partial charge in [0.1, 0.15) is 5.58 Å². The predicted octanol–water partition coefficient (Wildman–Crippen LogP) is 7.08. The van der Waals surface area contributed by atoms with Gasteiger partial charge in [0, 0.05) is 41.2 Å². The van der Waals surface area contributed by atoms with Crippen molar-refractivity contribution in [3.05, 3.63) is 76.8 Å². The van der Waals surface area contributed by atoms with Crippen LogP contribution in [0.5, 0.6) is 5.75 Å². The molecule has 168 valence electrons. The third-order valence-corrected chi connectivity index (χ3v) is 7.31. The number of benzene rings is 3. The Morgan fingerprint density at radius 1 is 1.00 bits per heavy atom. The van der Waals surface area contributed by atoms with Crippen LogP contribution >= 0.6 is 11.6 Å². The van der Waals surface area contributed by atoms with E-state index in [0.29, 0.717) is 24.5 Å². The van der Waals surface area contributed by atoms with Crippen molar-refractivity contribution in [2.75, 3.05) is 6.54 Å². The normalized spacial score (nSPS) is 19.2. The fraction of sp³-hybridized carbons (Fsp3) is 0.321. The van der Waals surface area contributed by atoms with E-state index in [0.717, 1.165) is 46.1 Å². The smallest absolute Gasteiger partial charge is 0.223 e. The van der Waals surface area contributed by atoms with E-state index in [1.165, 1.54) is 18.4 Å². The first kappa shape index (κ1) is 20.6. The summed E-state index contributed by atoms with van der Waals surface area (Å²) in [4.78, 5) is 14.9. The second kappa shape index (κ2) is 8.42. The number of likely N-dealkylation sites (tertiary alicyclic amines) is 1. The molecule has 33 heavy (non-hydrogen) atoms. The molecular formula is C28H26ClNO3. The van der Waals surface area contributed by atoms with Crippen molar-refractivity contribution in [3.8, 4) is 5.75 Å². The fourth-order valence-corrected chi connectivity index (χ4v) is 5.52. The molecule has 0 bridgehead atoms. The number of nitrogens with zero attached hydrogens (tertiary/aromatic N) is 1. The second-order valence-electron chi connectivity index (χ2n) is 9.28. The van der Waals surface area contributed by atoms with Crippen LogP contribution in [0.2, 0.25) is 5.02 Å². The average Bonchev–Trinajstić information content (AvgIpc) is 3.55. The van der Waals surface area contributed by atoms with E-state index in [4.69, 9.17) is 20.8 Å². The van der Waals surface area contributed by atoms with Gasteiger partial charge in [0.05, 0.1) is 6.10 Å². The van der Waals surface area contributed by atoms with Crippen LogP contribution in [0.1, 0.15) is 49.1 Å². The molecule has 1 amide bonds. The molecule has 1 aliphatic heterocycles. The van der Waals surface area contributed by atoms with Crippen molar-refractivity contribution in [1.29, 1.82) is 0 Å². The molecule has 0 N–H and O–H groups in total. The van der Waals surface area contributed by atoms with Crippen molar-refractivity contribution in [2.24, 2.45) is 0 Å². The standard InChI is InChI=1S/C28H26ClNO3/c29-20-11-9-18(10-12-20)16-30-17-19(15-26(30)31)22-13-14-25(32-21-5-1-2-6-21)28-27(22)23-7-3-4-8-24(23)33-28/h3-4,7-14,19,21H,1-2,5-6,15-17H2. The summed E-state index contributed by atoms with van der Waals surface area (Å²) < 4.78 is 12.7. The van der Waals surface area contributed by atoms with Crippen molar-refractivity contribution in [3.63, 3.8) is 0 Å². The molecule has 2 fully saturated rings. The van der Waals surface area contributed by atoms with Gasteiger partial charge in [-0.2, -0.15) is 0 Å². The van der Waals surface area contributed by atoms with Gasteiger partial charge in [0.25, 0.3) is 0 Å².